The Morgan fingerprint density at radius 1 is 1.17 bits per heavy atom. The van der Waals surface area contributed by atoms with Gasteiger partial charge in [0.05, 0.1) is 13.2 Å². The number of aliphatic hydroxyl groups is 1. The van der Waals surface area contributed by atoms with Crippen molar-refractivity contribution in [2.24, 2.45) is 0 Å². The summed E-state index contributed by atoms with van der Waals surface area (Å²) in [5.74, 6) is 0.0505. The quantitative estimate of drug-likeness (QED) is 0.730. The molecule has 0 aliphatic carbocycles. The molecule has 0 aliphatic rings. The maximum Gasteiger partial charge on any atom is 0.315 e. The maximum atomic E-state index is 13.1. The van der Waals surface area contributed by atoms with Gasteiger partial charge >= 0.3 is 6.03 Å². The fourth-order valence-electron chi connectivity index (χ4n) is 2.17. The van der Waals surface area contributed by atoms with Gasteiger partial charge in [-0.1, -0.05) is 30.3 Å². The Morgan fingerprint density at radius 2 is 1.92 bits per heavy atom. The zero-order chi connectivity index (χ0) is 17.4. The Balaban J connectivity index is 1.74. The van der Waals surface area contributed by atoms with E-state index in [0.717, 1.165) is 11.1 Å². The average Bonchev–Trinajstić information content (AvgIpc) is 2.58. The zero-order valence-corrected chi connectivity index (χ0v) is 13.5. The second-order valence-electron chi connectivity index (χ2n) is 5.38. The molecule has 2 amide bonds. The third-order valence-electron chi connectivity index (χ3n) is 3.41. The standard InChI is InChI=1S/C18H21FN2O3/c1-13(24-17-8-4-7-16(19)9-17)10-20-18(23)21-11-14-5-2-3-6-15(14)12-22/h2-9,13,22H,10-12H2,1H3,(H2,20,21,23). The molecule has 0 saturated heterocycles. The summed E-state index contributed by atoms with van der Waals surface area (Å²) in [5.41, 5.74) is 1.64. The Bertz CT molecular complexity index is 679. The molecule has 2 rings (SSSR count). The maximum absolute atomic E-state index is 13.1. The van der Waals surface area contributed by atoms with Gasteiger partial charge in [0.25, 0.3) is 0 Å². The van der Waals surface area contributed by atoms with Crippen LogP contribution in [0.4, 0.5) is 9.18 Å². The van der Waals surface area contributed by atoms with Gasteiger partial charge in [-0.2, -0.15) is 0 Å². The summed E-state index contributed by atoms with van der Waals surface area (Å²) in [4.78, 5) is 11.8. The first-order chi connectivity index (χ1) is 11.6. The monoisotopic (exact) mass is 332 g/mol. The van der Waals surface area contributed by atoms with E-state index in [1.807, 2.05) is 24.3 Å². The Hall–Kier alpha value is -2.60. The van der Waals surface area contributed by atoms with Gasteiger partial charge in [-0.3, -0.25) is 0 Å². The predicted octanol–water partition coefficient (Wildman–Crippen LogP) is 2.58. The Labute approximate surface area is 140 Å². The third-order valence-corrected chi connectivity index (χ3v) is 3.41. The van der Waals surface area contributed by atoms with Gasteiger partial charge in [0, 0.05) is 12.6 Å². The van der Waals surface area contributed by atoms with Gasteiger partial charge in [0.1, 0.15) is 17.7 Å². The number of carbonyl (C=O) groups is 1. The summed E-state index contributed by atoms with van der Waals surface area (Å²) in [5, 5.41) is 14.7. The lowest BCUT2D eigenvalue weighted by Gasteiger charge is -2.16. The zero-order valence-electron chi connectivity index (χ0n) is 13.5. The number of benzene rings is 2. The van der Waals surface area contributed by atoms with E-state index in [2.05, 4.69) is 10.6 Å². The van der Waals surface area contributed by atoms with Crippen LogP contribution >= 0.6 is 0 Å². The molecule has 6 heteroatoms. The van der Waals surface area contributed by atoms with Crippen LogP contribution in [0.2, 0.25) is 0 Å². The second kappa shape index (κ2) is 8.88. The van der Waals surface area contributed by atoms with Crippen molar-refractivity contribution in [3.8, 4) is 5.75 Å². The topological polar surface area (TPSA) is 70.6 Å². The molecule has 1 unspecified atom stereocenters. The lowest BCUT2D eigenvalue weighted by molar-refractivity contribution is 0.207. The minimum atomic E-state index is -0.368. The summed E-state index contributed by atoms with van der Waals surface area (Å²) < 4.78 is 18.6. The largest absolute Gasteiger partial charge is 0.489 e. The Kier molecular flexibility index (Phi) is 6.57. The molecular weight excluding hydrogens is 311 g/mol. The molecule has 0 aromatic heterocycles. The molecule has 0 aliphatic heterocycles. The highest BCUT2D eigenvalue weighted by molar-refractivity contribution is 5.73. The summed E-state index contributed by atoms with van der Waals surface area (Å²) in [7, 11) is 0. The normalized spacial score (nSPS) is 11.6. The van der Waals surface area contributed by atoms with Crippen LogP contribution in [-0.4, -0.2) is 23.8 Å². The van der Waals surface area contributed by atoms with Crippen molar-refractivity contribution >= 4 is 6.03 Å². The molecule has 0 radical (unpaired) electrons. The van der Waals surface area contributed by atoms with E-state index in [4.69, 9.17) is 4.74 Å². The molecule has 5 nitrogen and oxygen atoms in total. The number of carbonyl (C=O) groups excluding carboxylic acids is 1. The van der Waals surface area contributed by atoms with Crippen LogP contribution in [0, 0.1) is 5.82 Å². The fraction of sp³-hybridized carbons (Fsp3) is 0.278. The van der Waals surface area contributed by atoms with Gasteiger partial charge in [-0.25, -0.2) is 9.18 Å². The van der Waals surface area contributed by atoms with E-state index in [0.29, 0.717) is 12.3 Å². The number of hydrogen-bond acceptors (Lipinski definition) is 3. The van der Waals surface area contributed by atoms with Crippen LogP contribution in [0.5, 0.6) is 5.75 Å². The smallest absolute Gasteiger partial charge is 0.315 e. The Morgan fingerprint density at radius 3 is 2.62 bits per heavy atom. The summed E-state index contributed by atoms with van der Waals surface area (Å²) in [6.07, 6.45) is -0.303. The second-order valence-corrected chi connectivity index (χ2v) is 5.38. The SMILES string of the molecule is CC(CNC(=O)NCc1ccccc1CO)Oc1cccc(F)c1. The van der Waals surface area contributed by atoms with Gasteiger partial charge in [-0.05, 0) is 30.2 Å². The fourth-order valence-corrected chi connectivity index (χ4v) is 2.17. The van der Waals surface area contributed by atoms with Crippen molar-refractivity contribution in [2.75, 3.05) is 6.54 Å². The van der Waals surface area contributed by atoms with E-state index < -0.39 is 0 Å². The van der Waals surface area contributed by atoms with Crippen molar-refractivity contribution in [3.63, 3.8) is 0 Å². The summed E-state index contributed by atoms with van der Waals surface area (Å²) in [6, 6.07) is 12.9. The average molecular weight is 332 g/mol. The molecule has 24 heavy (non-hydrogen) atoms. The number of hydrogen-bond donors (Lipinski definition) is 3. The van der Waals surface area contributed by atoms with Crippen LogP contribution in [0.15, 0.2) is 48.5 Å². The molecule has 2 aromatic rings. The number of rotatable bonds is 7. The molecule has 0 fully saturated rings. The van der Waals surface area contributed by atoms with Gasteiger partial charge in [0.15, 0.2) is 0 Å². The molecule has 0 bridgehead atoms. The van der Waals surface area contributed by atoms with E-state index in [9.17, 15) is 14.3 Å². The third kappa shape index (κ3) is 5.55. The lowest BCUT2D eigenvalue weighted by Crippen LogP contribution is -2.40. The van der Waals surface area contributed by atoms with Gasteiger partial charge < -0.3 is 20.5 Å². The summed E-state index contributed by atoms with van der Waals surface area (Å²) in [6.45, 7) is 2.32. The van der Waals surface area contributed by atoms with E-state index in [-0.39, 0.29) is 31.1 Å². The molecule has 1 atom stereocenters. The van der Waals surface area contributed by atoms with Crippen LogP contribution in [0.25, 0.3) is 0 Å². The van der Waals surface area contributed by atoms with E-state index in [1.165, 1.54) is 12.1 Å². The molecular formula is C18H21FN2O3. The van der Waals surface area contributed by atoms with Gasteiger partial charge in [-0.15, -0.1) is 0 Å². The van der Waals surface area contributed by atoms with Crippen molar-refractivity contribution in [1.29, 1.82) is 0 Å². The number of aliphatic hydroxyl groups excluding tert-OH is 1. The molecule has 128 valence electrons. The van der Waals surface area contributed by atoms with Crippen LogP contribution < -0.4 is 15.4 Å². The highest BCUT2D eigenvalue weighted by Crippen LogP contribution is 2.13. The van der Waals surface area contributed by atoms with Gasteiger partial charge in [0.2, 0.25) is 0 Å². The van der Waals surface area contributed by atoms with Crippen molar-refractivity contribution < 1.29 is 19.0 Å². The first-order valence-corrected chi connectivity index (χ1v) is 7.70. The van der Waals surface area contributed by atoms with Crippen LogP contribution in [0.3, 0.4) is 0 Å². The molecule has 0 saturated carbocycles. The first kappa shape index (κ1) is 17.7. The molecule has 2 aromatic carbocycles. The first-order valence-electron chi connectivity index (χ1n) is 7.70. The summed E-state index contributed by atoms with van der Waals surface area (Å²) >= 11 is 0. The van der Waals surface area contributed by atoms with Crippen molar-refractivity contribution in [1.82, 2.24) is 10.6 Å². The highest BCUT2D eigenvalue weighted by Gasteiger charge is 2.08. The lowest BCUT2D eigenvalue weighted by atomic mass is 10.1. The number of ether oxygens (including phenoxy) is 1. The highest BCUT2D eigenvalue weighted by atomic mass is 19.1. The number of nitrogens with one attached hydrogen (secondary N) is 2. The number of urea groups is 1. The van der Waals surface area contributed by atoms with Crippen molar-refractivity contribution in [3.05, 3.63) is 65.5 Å². The molecule has 3 N–H and O–H groups in total. The molecule has 0 heterocycles. The van der Waals surface area contributed by atoms with Crippen molar-refractivity contribution in [2.45, 2.75) is 26.2 Å². The van der Waals surface area contributed by atoms with E-state index >= 15 is 0 Å². The predicted molar refractivity (Wildman–Crippen MR) is 89.1 cm³/mol. The van der Waals surface area contributed by atoms with Crippen LogP contribution in [-0.2, 0) is 13.2 Å². The minimum Gasteiger partial charge on any atom is -0.489 e. The number of amides is 2. The van der Waals surface area contributed by atoms with E-state index in [1.54, 1.807) is 19.1 Å². The minimum absolute atomic E-state index is 0.0714. The van der Waals surface area contributed by atoms with Crippen LogP contribution in [0.1, 0.15) is 18.1 Å². The number of halogens is 1. The molecule has 0 spiro atoms.